The molecule has 13 heteroatoms. The van der Waals surface area contributed by atoms with Gasteiger partial charge in [-0.3, -0.25) is 19.7 Å². The summed E-state index contributed by atoms with van der Waals surface area (Å²) in [7, 11) is 1.76. The number of hydrogen-bond acceptors (Lipinski definition) is 7. The second kappa shape index (κ2) is 11.5. The lowest BCUT2D eigenvalue weighted by atomic mass is 10.0. The first-order chi connectivity index (χ1) is 16.6. The van der Waals surface area contributed by atoms with Crippen LogP contribution in [0.25, 0.3) is 0 Å². The van der Waals surface area contributed by atoms with Crippen molar-refractivity contribution in [2.75, 3.05) is 11.1 Å². The standard InChI is InChI=1S/C22H22Cl2N6O4S/c1-12(2)19(26-21(32)13-4-9-16(23)17(24)10-13)20-27-28-22(29(20)3)35-11-18(31)25-14-5-7-15(8-6-14)30(33)34/h4-10,12,19H,11H2,1-3H3,(H,25,31)(H,26,32)/t19-/m0/s1. The number of hydrogen-bond donors (Lipinski definition) is 2. The summed E-state index contributed by atoms with van der Waals surface area (Å²) in [6.45, 7) is 3.89. The maximum atomic E-state index is 12.8. The molecule has 2 amide bonds. The van der Waals surface area contributed by atoms with Gasteiger partial charge in [0, 0.05) is 30.4 Å². The van der Waals surface area contributed by atoms with Gasteiger partial charge in [-0.2, -0.15) is 0 Å². The Labute approximate surface area is 215 Å². The number of nitro benzene ring substituents is 1. The van der Waals surface area contributed by atoms with E-state index in [4.69, 9.17) is 23.2 Å². The molecule has 0 aliphatic heterocycles. The summed E-state index contributed by atoms with van der Waals surface area (Å²) in [6.07, 6.45) is 0. The van der Waals surface area contributed by atoms with Crippen LogP contribution in [0.4, 0.5) is 11.4 Å². The normalized spacial score (nSPS) is 11.8. The van der Waals surface area contributed by atoms with Gasteiger partial charge in [-0.25, -0.2) is 0 Å². The highest BCUT2D eigenvalue weighted by Crippen LogP contribution is 2.26. The Morgan fingerprint density at radius 1 is 1.11 bits per heavy atom. The predicted octanol–water partition coefficient (Wildman–Crippen LogP) is 4.89. The summed E-state index contributed by atoms with van der Waals surface area (Å²) in [5, 5.41) is 25.9. The van der Waals surface area contributed by atoms with E-state index in [1.54, 1.807) is 23.7 Å². The summed E-state index contributed by atoms with van der Waals surface area (Å²) in [5.74, 6) is -0.0615. The number of nitro groups is 1. The highest BCUT2D eigenvalue weighted by Gasteiger charge is 2.25. The van der Waals surface area contributed by atoms with Gasteiger partial charge < -0.3 is 15.2 Å². The van der Waals surface area contributed by atoms with Gasteiger partial charge in [-0.05, 0) is 36.2 Å². The van der Waals surface area contributed by atoms with Crippen molar-refractivity contribution in [1.29, 1.82) is 0 Å². The maximum Gasteiger partial charge on any atom is 0.269 e. The number of carbonyl (C=O) groups excluding carboxylic acids is 2. The van der Waals surface area contributed by atoms with E-state index in [2.05, 4.69) is 20.8 Å². The number of anilines is 1. The fourth-order valence-electron chi connectivity index (χ4n) is 3.11. The summed E-state index contributed by atoms with van der Waals surface area (Å²) in [4.78, 5) is 35.3. The number of non-ortho nitro benzene ring substituents is 1. The molecule has 0 aliphatic rings. The second-order valence-electron chi connectivity index (χ2n) is 7.86. The minimum atomic E-state index is -0.509. The largest absolute Gasteiger partial charge is 0.342 e. The number of benzene rings is 2. The summed E-state index contributed by atoms with van der Waals surface area (Å²) < 4.78 is 1.73. The molecule has 184 valence electrons. The highest BCUT2D eigenvalue weighted by atomic mass is 35.5. The number of nitrogens with one attached hydrogen (secondary N) is 2. The molecule has 0 saturated heterocycles. The van der Waals surface area contributed by atoms with E-state index in [0.717, 1.165) is 0 Å². The van der Waals surface area contributed by atoms with Crippen molar-refractivity contribution in [3.05, 3.63) is 74.0 Å². The van der Waals surface area contributed by atoms with E-state index in [1.165, 1.54) is 42.1 Å². The molecule has 35 heavy (non-hydrogen) atoms. The lowest BCUT2D eigenvalue weighted by Crippen LogP contribution is -2.33. The Morgan fingerprint density at radius 3 is 2.40 bits per heavy atom. The monoisotopic (exact) mass is 536 g/mol. The van der Waals surface area contributed by atoms with Crippen molar-refractivity contribution in [2.24, 2.45) is 13.0 Å². The molecule has 0 radical (unpaired) electrons. The van der Waals surface area contributed by atoms with E-state index >= 15 is 0 Å². The lowest BCUT2D eigenvalue weighted by Gasteiger charge is -2.22. The van der Waals surface area contributed by atoms with Crippen LogP contribution < -0.4 is 10.6 Å². The third-order valence-electron chi connectivity index (χ3n) is 4.98. The molecular weight excluding hydrogens is 515 g/mol. The van der Waals surface area contributed by atoms with Gasteiger partial charge in [0.25, 0.3) is 11.6 Å². The van der Waals surface area contributed by atoms with Crippen LogP contribution in [0.1, 0.15) is 36.1 Å². The van der Waals surface area contributed by atoms with Crippen molar-refractivity contribution >= 4 is 58.2 Å². The van der Waals surface area contributed by atoms with Crippen LogP contribution in [0.2, 0.25) is 10.0 Å². The van der Waals surface area contributed by atoms with Gasteiger partial charge in [-0.15, -0.1) is 10.2 Å². The van der Waals surface area contributed by atoms with E-state index in [9.17, 15) is 19.7 Å². The van der Waals surface area contributed by atoms with Crippen molar-refractivity contribution in [3.63, 3.8) is 0 Å². The van der Waals surface area contributed by atoms with Crippen molar-refractivity contribution < 1.29 is 14.5 Å². The topological polar surface area (TPSA) is 132 Å². The van der Waals surface area contributed by atoms with E-state index < -0.39 is 11.0 Å². The SMILES string of the molecule is CC(C)[C@H](NC(=O)c1ccc(Cl)c(Cl)c1)c1nnc(SCC(=O)Nc2ccc([N+](=O)[O-])cc2)n1C. The molecule has 1 atom stereocenters. The van der Waals surface area contributed by atoms with E-state index in [0.29, 0.717) is 27.3 Å². The Bertz CT molecular complexity index is 1250. The quantitative estimate of drug-likeness (QED) is 0.226. The number of rotatable bonds is 9. The minimum Gasteiger partial charge on any atom is -0.342 e. The molecule has 0 bridgehead atoms. The fraction of sp³-hybridized carbons (Fsp3) is 0.273. The Morgan fingerprint density at radius 2 is 1.80 bits per heavy atom. The summed E-state index contributed by atoms with van der Waals surface area (Å²) in [5.41, 5.74) is 0.754. The molecule has 0 spiro atoms. The molecule has 0 fully saturated rings. The molecular formula is C22H22Cl2N6O4S. The first-order valence-electron chi connectivity index (χ1n) is 10.4. The Balaban J connectivity index is 1.65. The van der Waals surface area contributed by atoms with Gasteiger partial charge in [-0.1, -0.05) is 48.8 Å². The third-order valence-corrected chi connectivity index (χ3v) is 6.74. The summed E-state index contributed by atoms with van der Waals surface area (Å²) in [6, 6.07) is 9.75. The highest BCUT2D eigenvalue weighted by molar-refractivity contribution is 7.99. The Hall–Kier alpha value is -3.15. The first kappa shape index (κ1) is 26.5. The molecule has 3 aromatic rings. The number of halogens is 2. The van der Waals surface area contributed by atoms with Gasteiger partial charge in [0.05, 0.1) is 26.8 Å². The number of aromatic nitrogens is 3. The van der Waals surface area contributed by atoms with Crippen LogP contribution in [-0.2, 0) is 11.8 Å². The smallest absolute Gasteiger partial charge is 0.269 e. The zero-order chi connectivity index (χ0) is 25.7. The van der Waals surface area contributed by atoms with Crippen LogP contribution >= 0.6 is 35.0 Å². The zero-order valence-corrected chi connectivity index (χ0v) is 21.3. The zero-order valence-electron chi connectivity index (χ0n) is 19.0. The van der Waals surface area contributed by atoms with Crippen molar-refractivity contribution in [1.82, 2.24) is 20.1 Å². The number of amides is 2. The second-order valence-corrected chi connectivity index (χ2v) is 9.62. The maximum absolute atomic E-state index is 12.8. The lowest BCUT2D eigenvalue weighted by molar-refractivity contribution is -0.384. The molecule has 3 rings (SSSR count). The summed E-state index contributed by atoms with van der Waals surface area (Å²) >= 11 is 13.1. The third kappa shape index (κ3) is 6.71. The van der Waals surface area contributed by atoms with Crippen LogP contribution in [0.5, 0.6) is 0 Å². The number of carbonyl (C=O) groups is 2. The number of nitrogens with zero attached hydrogens (tertiary/aromatic N) is 4. The number of thioether (sulfide) groups is 1. The van der Waals surface area contributed by atoms with Gasteiger partial charge in [0.15, 0.2) is 11.0 Å². The molecule has 0 unspecified atom stereocenters. The van der Waals surface area contributed by atoms with Gasteiger partial charge in [0.2, 0.25) is 5.91 Å². The van der Waals surface area contributed by atoms with Crippen molar-refractivity contribution in [3.8, 4) is 0 Å². The molecule has 2 N–H and O–H groups in total. The first-order valence-corrected chi connectivity index (χ1v) is 12.1. The van der Waals surface area contributed by atoms with Crippen LogP contribution in [-0.4, -0.2) is 37.3 Å². The van der Waals surface area contributed by atoms with Gasteiger partial charge in [0.1, 0.15) is 0 Å². The van der Waals surface area contributed by atoms with E-state index in [1.807, 2.05) is 13.8 Å². The predicted molar refractivity (Wildman–Crippen MR) is 135 cm³/mol. The molecule has 1 heterocycles. The van der Waals surface area contributed by atoms with Crippen molar-refractivity contribution in [2.45, 2.75) is 25.0 Å². The fourth-order valence-corrected chi connectivity index (χ4v) is 4.12. The average Bonchev–Trinajstić information content (AvgIpc) is 3.17. The van der Waals surface area contributed by atoms with Crippen LogP contribution in [0.15, 0.2) is 47.6 Å². The molecule has 1 aromatic heterocycles. The molecule has 10 nitrogen and oxygen atoms in total. The molecule has 0 saturated carbocycles. The van der Waals surface area contributed by atoms with Crippen LogP contribution in [0, 0.1) is 16.0 Å². The average molecular weight is 537 g/mol. The van der Waals surface area contributed by atoms with Crippen LogP contribution in [0.3, 0.4) is 0 Å². The minimum absolute atomic E-state index is 0.00657. The van der Waals surface area contributed by atoms with E-state index in [-0.39, 0.29) is 34.2 Å². The molecule has 2 aromatic carbocycles. The molecule has 0 aliphatic carbocycles. The van der Waals surface area contributed by atoms with Gasteiger partial charge >= 0.3 is 0 Å². The Kier molecular flexibility index (Phi) is 8.71.